The van der Waals surface area contributed by atoms with Crippen LogP contribution in [0.5, 0.6) is 0 Å². The van der Waals surface area contributed by atoms with Gasteiger partial charge in [0.1, 0.15) is 5.69 Å². The third kappa shape index (κ3) is 4.58. The number of nitrogens with zero attached hydrogens (tertiary/aromatic N) is 3. The zero-order chi connectivity index (χ0) is 20.1. The molecule has 0 atom stereocenters. The average molecular weight is 396 g/mol. The number of rotatable bonds is 7. The zero-order valence-electron chi connectivity index (χ0n) is 15.5. The van der Waals surface area contributed by atoms with E-state index in [1.54, 1.807) is 18.3 Å². The van der Waals surface area contributed by atoms with E-state index in [1.807, 2.05) is 22.9 Å². The Morgan fingerprint density at radius 2 is 1.93 bits per heavy atom. The van der Waals surface area contributed by atoms with Gasteiger partial charge >= 0.3 is 0 Å². The van der Waals surface area contributed by atoms with Crippen LogP contribution in [0.3, 0.4) is 0 Å². The first kappa shape index (κ1) is 19.6. The van der Waals surface area contributed by atoms with Gasteiger partial charge in [-0.1, -0.05) is 49.9 Å². The fourth-order valence-corrected chi connectivity index (χ4v) is 3.44. The summed E-state index contributed by atoms with van der Waals surface area (Å²) in [4.78, 5) is 27.1. The second-order valence-electron chi connectivity index (χ2n) is 6.44. The number of para-hydroxylation sites is 2. The van der Waals surface area contributed by atoms with E-state index in [2.05, 4.69) is 36.3 Å². The van der Waals surface area contributed by atoms with E-state index >= 15 is 0 Å². The molecule has 0 unspecified atom stereocenters. The maximum absolute atomic E-state index is 12.3. The van der Waals surface area contributed by atoms with Gasteiger partial charge in [0.05, 0.1) is 10.7 Å². The Hall–Kier alpha value is -3.13. The van der Waals surface area contributed by atoms with Gasteiger partial charge in [-0.2, -0.15) is 0 Å². The van der Waals surface area contributed by atoms with Gasteiger partial charge in [0.15, 0.2) is 5.16 Å². The van der Waals surface area contributed by atoms with Gasteiger partial charge < -0.3 is 5.32 Å². The lowest BCUT2D eigenvalue weighted by Gasteiger charge is -2.10. The number of hydrogen-bond donors (Lipinski definition) is 1. The van der Waals surface area contributed by atoms with Crippen molar-refractivity contribution in [3.8, 4) is 5.69 Å². The van der Waals surface area contributed by atoms with Crippen LogP contribution in [0.4, 0.5) is 11.4 Å². The van der Waals surface area contributed by atoms with Crippen molar-refractivity contribution in [2.75, 3.05) is 11.1 Å². The molecule has 1 aromatic heterocycles. The van der Waals surface area contributed by atoms with Crippen molar-refractivity contribution in [2.24, 2.45) is 0 Å². The van der Waals surface area contributed by atoms with Gasteiger partial charge in [-0.25, -0.2) is 4.98 Å². The van der Waals surface area contributed by atoms with Gasteiger partial charge in [0.2, 0.25) is 5.91 Å². The molecule has 3 aromatic rings. The van der Waals surface area contributed by atoms with E-state index in [9.17, 15) is 14.9 Å². The lowest BCUT2D eigenvalue weighted by Crippen LogP contribution is -2.15. The molecule has 3 rings (SSSR count). The van der Waals surface area contributed by atoms with Crippen LogP contribution in [-0.4, -0.2) is 26.1 Å². The molecule has 0 bridgehead atoms. The highest BCUT2D eigenvalue weighted by atomic mass is 32.2. The zero-order valence-corrected chi connectivity index (χ0v) is 16.3. The van der Waals surface area contributed by atoms with Crippen molar-refractivity contribution < 1.29 is 9.72 Å². The van der Waals surface area contributed by atoms with Gasteiger partial charge in [-0.3, -0.25) is 19.5 Å². The van der Waals surface area contributed by atoms with Crippen LogP contribution in [0, 0.1) is 10.1 Å². The number of hydrogen-bond acceptors (Lipinski definition) is 5. The van der Waals surface area contributed by atoms with Crippen LogP contribution >= 0.6 is 11.8 Å². The standard InChI is InChI=1S/C20H20N4O3S/c1-14(2)15-7-9-16(10-8-15)23-12-11-21-20(23)28-13-19(25)22-17-5-3-4-6-18(17)24(26)27/h3-12,14H,13H2,1-2H3,(H,22,25). The number of carbonyl (C=O) groups excluding carboxylic acids is 1. The molecule has 0 spiro atoms. The number of nitro benzene ring substituents is 1. The van der Waals surface area contributed by atoms with Crippen molar-refractivity contribution in [1.82, 2.24) is 9.55 Å². The van der Waals surface area contributed by atoms with E-state index in [0.717, 1.165) is 5.69 Å². The van der Waals surface area contributed by atoms with Crippen molar-refractivity contribution >= 4 is 29.0 Å². The summed E-state index contributed by atoms with van der Waals surface area (Å²) in [6, 6.07) is 14.3. The van der Waals surface area contributed by atoms with Crippen molar-refractivity contribution in [2.45, 2.75) is 24.9 Å². The van der Waals surface area contributed by atoms with Crippen LogP contribution in [0.15, 0.2) is 66.1 Å². The fraction of sp³-hybridized carbons (Fsp3) is 0.200. The predicted octanol–water partition coefficient (Wildman–Crippen LogP) is 4.63. The number of nitrogens with one attached hydrogen (secondary N) is 1. The highest BCUT2D eigenvalue weighted by molar-refractivity contribution is 7.99. The highest BCUT2D eigenvalue weighted by Gasteiger charge is 2.16. The molecule has 0 aliphatic heterocycles. The third-order valence-electron chi connectivity index (χ3n) is 4.15. The Labute approximate surface area is 166 Å². The number of aromatic nitrogens is 2. The number of nitro groups is 1. The molecule has 0 saturated carbocycles. The van der Waals surface area contributed by atoms with Crippen LogP contribution < -0.4 is 5.32 Å². The van der Waals surface area contributed by atoms with Gasteiger partial charge in [0.25, 0.3) is 5.69 Å². The summed E-state index contributed by atoms with van der Waals surface area (Å²) in [5, 5.41) is 14.3. The minimum Gasteiger partial charge on any atom is -0.320 e. The number of imidazole rings is 1. The van der Waals surface area contributed by atoms with Gasteiger partial charge in [-0.05, 0) is 29.7 Å². The molecule has 0 aliphatic rings. The lowest BCUT2D eigenvalue weighted by atomic mass is 10.0. The molecule has 2 aromatic carbocycles. The first-order chi connectivity index (χ1) is 13.5. The van der Waals surface area contributed by atoms with E-state index in [-0.39, 0.29) is 23.0 Å². The minimum absolute atomic E-state index is 0.0904. The molecule has 1 N–H and O–H groups in total. The number of amides is 1. The maximum atomic E-state index is 12.3. The molecule has 8 heteroatoms. The summed E-state index contributed by atoms with van der Waals surface area (Å²) >= 11 is 1.27. The van der Waals surface area contributed by atoms with Crippen LogP contribution in [0.1, 0.15) is 25.3 Å². The first-order valence-corrected chi connectivity index (χ1v) is 9.74. The molecular weight excluding hydrogens is 376 g/mol. The summed E-state index contributed by atoms with van der Waals surface area (Å²) in [6.45, 7) is 4.28. The highest BCUT2D eigenvalue weighted by Crippen LogP contribution is 2.25. The quantitative estimate of drug-likeness (QED) is 0.357. The molecule has 0 saturated heterocycles. The largest absolute Gasteiger partial charge is 0.320 e. The van der Waals surface area contributed by atoms with E-state index < -0.39 is 4.92 Å². The first-order valence-electron chi connectivity index (χ1n) is 8.75. The van der Waals surface area contributed by atoms with Crippen LogP contribution in [0.2, 0.25) is 0 Å². The van der Waals surface area contributed by atoms with Gasteiger partial charge in [0, 0.05) is 24.1 Å². The maximum Gasteiger partial charge on any atom is 0.292 e. The summed E-state index contributed by atoms with van der Waals surface area (Å²) in [5.41, 5.74) is 2.27. The lowest BCUT2D eigenvalue weighted by molar-refractivity contribution is -0.383. The Morgan fingerprint density at radius 1 is 1.21 bits per heavy atom. The Bertz CT molecular complexity index is 983. The summed E-state index contributed by atoms with van der Waals surface area (Å²) in [5.74, 6) is 0.216. The number of carbonyl (C=O) groups is 1. The molecule has 28 heavy (non-hydrogen) atoms. The summed E-state index contributed by atoms with van der Waals surface area (Å²) in [6.07, 6.45) is 3.52. The topological polar surface area (TPSA) is 90.1 Å². The average Bonchev–Trinajstić information content (AvgIpc) is 3.15. The predicted molar refractivity (Wildman–Crippen MR) is 110 cm³/mol. The number of benzene rings is 2. The normalized spacial score (nSPS) is 10.8. The molecule has 0 radical (unpaired) electrons. The fourth-order valence-electron chi connectivity index (χ4n) is 2.67. The van der Waals surface area contributed by atoms with E-state index in [1.165, 1.54) is 29.5 Å². The molecule has 7 nitrogen and oxygen atoms in total. The van der Waals surface area contributed by atoms with Gasteiger partial charge in [-0.15, -0.1) is 0 Å². The summed E-state index contributed by atoms with van der Waals surface area (Å²) in [7, 11) is 0. The molecule has 144 valence electrons. The van der Waals surface area contributed by atoms with E-state index in [0.29, 0.717) is 11.1 Å². The van der Waals surface area contributed by atoms with Crippen molar-refractivity contribution in [3.63, 3.8) is 0 Å². The Balaban J connectivity index is 1.67. The third-order valence-corrected chi connectivity index (χ3v) is 5.12. The number of thioether (sulfide) groups is 1. The number of anilines is 1. The molecule has 0 aliphatic carbocycles. The SMILES string of the molecule is CC(C)c1ccc(-n2ccnc2SCC(=O)Nc2ccccc2[N+](=O)[O-])cc1. The second-order valence-corrected chi connectivity index (χ2v) is 7.38. The van der Waals surface area contributed by atoms with E-state index in [4.69, 9.17) is 0 Å². The minimum atomic E-state index is -0.518. The smallest absolute Gasteiger partial charge is 0.292 e. The monoisotopic (exact) mass is 396 g/mol. The molecule has 1 heterocycles. The second kappa shape index (κ2) is 8.71. The van der Waals surface area contributed by atoms with Crippen molar-refractivity contribution in [3.05, 3.63) is 76.6 Å². The Morgan fingerprint density at radius 3 is 2.61 bits per heavy atom. The summed E-state index contributed by atoms with van der Waals surface area (Å²) < 4.78 is 1.91. The molecule has 1 amide bonds. The van der Waals surface area contributed by atoms with Crippen LogP contribution in [0.25, 0.3) is 5.69 Å². The van der Waals surface area contributed by atoms with Crippen LogP contribution in [-0.2, 0) is 4.79 Å². The molecular formula is C20H20N4O3S. The Kier molecular flexibility index (Phi) is 6.10. The van der Waals surface area contributed by atoms with Crippen molar-refractivity contribution in [1.29, 1.82) is 0 Å². The molecule has 0 fully saturated rings.